The SMILES string of the molecule is CN(C)C(=O)C(CCN1CCC(O)(c2ccc(Br)cc2)CC1)(c1ccccc1)c1ccccc1. The molecule has 4 nitrogen and oxygen atoms in total. The molecule has 0 unspecified atom stereocenters. The van der Waals surface area contributed by atoms with Crippen molar-refractivity contribution in [3.05, 3.63) is 106 Å². The molecule has 1 N–H and O–H groups in total. The first-order valence-electron chi connectivity index (χ1n) is 11.9. The van der Waals surface area contributed by atoms with Crippen molar-refractivity contribution in [2.45, 2.75) is 30.3 Å². The summed E-state index contributed by atoms with van der Waals surface area (Å²) in [5.74, 6) is 0.0910. The predicted molar refractivity (Wildman–Crippen MR) is 141 cm³/mol. The van der Waals surface area contributed by atoms with Crippen LogP contribution in [-0.4, -0.2) is 54.5 Å². The number of carbonyl (C=O) groups is 1. The summed E-state index contributed by atoms with van der Waals surface area (Å²) in [4.78, 5) is 17.9. The largest absolute Gasteiger partial charge is 0.385 e. The second-order valence-corrected chi connectivity index (χ2v) is 10.4. The fourth-order valence-corrected chi connectivity index (χ4v) is 5.42. The number of hydrogen-bond donors (Lipinski definition) is 1. The van der Waals surface area contributed by atoms with E-state index >= 15 is 0 Å². The number of halogens is 1. The lowest BCUT2D eigenvalue weighted by atomic mass is 9.70. The van der Waals surface area contributed by atoms with Crippen molar-refractivity contribution in [2.75, 3.05) is 33.7 Å². The molecule has 34 heavy (non-hydrogen) atoms. The zero-order valence-corrected chi connectivity index (χ0v) is 21.5. The van der Waals surface area contributed by atoms with Gasteiger partial charge in [0, 0.05) is 31.7 Å². The third-order valence-electron chi connectivity index (χ3n) is 7.17. The van der Waals surface area contributed by atoms with Gasteiger partial charge in [-0.15, -0.1) is 0 Å². The quantitative estimate of drug-likeness (QED) is 0.465. The van der Waals surface area contributed by atoms with Crippen molar-refractivity contribution >= 4 is 21.8 Å². The van der Waals surface area contributed by atoms with Crippen molar-refractivity contribution in [3.63, 3.8) is 0 Å². The summed E-state index contributed by atoms with van der Waals surface area (Å²) in [7, 11) is 3.67. The van der Waals surface area contributed by atoms with Gasteiger partial charge in [-0.2, -0.15) is 0 Å². The monoisotopic (exact) mass is 520 g/mol. The van der Waals surface area contributed by atoms with Crippen molar-refractivity contribution in [1.82, 2.24) is 9.80 Å². The number of benzene rings is 3. The highest BCUT2D eigenvalue weighted by Gasteiger charge is 2.43. The number of carbonyl (C=O) groups excluding carboxylic acids is 1. The Balaban J connectivity index is 1.57. The van der Waals surface area contributed by atoms with Gasteiger partial charge in [0.2, 0.25) is 5.91 Å². The first-order chi connectivity index (χ1) is 16.3. The molecule has 1 fully saturated rings. The highest BCUT2D eigenvalue weighted by atomic mass is 79.9. The van der Waals surface area contributed by atoms with Crippen LogP contribution in [0, 0.1) is 0 Å². The Kier molecular flexibility index (Phi) is 7.56. The standard InChI is InChI=1S/C29H33BrN2O2/c1-31(2)27(33)29(24-9-5-3-6-10-24,25-11-7-4-8-12-25)19-22-32-20-17-28(34,18-21-32)23-13-15-26(30)16-14-23/h3-16,34H,17-22H2,1-2H3. The Morgan fingerprint density at radius 3 is 1.88 bits per heavy atom. The summed E-state index contributed by atoms with van der Waals surface area (Å²) < 4.78 is 1.01. The maximum atomic E-state index is 13.8. The first-order valence-corrected chi connectivity index (χ1v) is 12.7. The molecule has 0 bridgehead atoms. The molecular weight excluding hydrogens is 488 g/mol. The van der Waals surface area contributed by atoms with E-state index in [1.54, 1.807) is 4.90 Å². The number of likely N-dealkylation sites (tertiary alicyclic amines) is 1. The third kappa shape index (κ3) is 4.97. The smallest absolute Gasteiger partial charge is 0.237 e. The number of nitrogens with zero attached hydrogens (tertiary/aromatic N) is 2. The molecule has 0 radical (unpaired) electrons. The van der Waals surface area contributed by atoms with E-state index in [1.165, 1.54) is 0 Å². The van der Waals surface area contributed by atoms with E-state index in [2.05, 4.69) is 45.1 Å². The van der Waals surface area contributed by atoms with E-state index in [0.717, 1.165) is 40.8 Å². The van der Waals surface area contributed by atoms with Gasteiger partial charge in [0.25, 0.3) is 0 Å². The van der Waals surface area contributed by atoms with E-state index in [4.69, 9.17) is 0 Å². The topological polar surface area (TPSA) is 43.8 Å². The lowest BCUT2D eigenvalue weighted by Crippen LogP contribution is -2.48. The Morgan fingerprint density at radius 1 is 0.912 bits per heavy atom. The molecule has 1 aliphatic heterocycles. The number of amides is 1. The molecule has 0 atom stereocenters. The highest BCUT2D eigenvalue weighted by Crippen LogP contribution is 2.39. The van der Waals surface area contributed by atoms with Gasteiger partial charge >= 0.3 is 0 Å². The van der Waals surface area contributed by atoms with Gasteiger partial charge in [0.05, 0.1) is 5.60 Å². The lowest BCUT2D eigenvalue weighted by molar-refractivity contribution is -0.133. The van der Waals surface area contributed by atoms with E-state index in [-0.39, 0.29) is 5.91 Å². The molecule has 3 aromatic rings. The van der Waals surface area contributed by atoms with E-state index in [9.17, 15) is 9.90 Å². The van der Waals surface area contributed by atoms with E-state index in [1.807, 2.05) is 74.8 Å². The summed E-state index contributed by atoms with van der Waals surface area (Å²) in [5.41, 5.74) is 1.45. The summed E-state index contributed by atoms with van der Waals surface area (Å²) in [6, 6.07) is 28.3. The molecule has 0 aromatic heterocycles. The number of piperidine rings is 1. The van der Waals surface area contributed by atoms with Gasteiger partial charge in [-0.05, 0) is 54.6 Å². The van der Waals surface area contributed by atoms with Gasteiger partial charge in [-0.1, -0.05) is 88.7 Å². The molecular formula is C29H33BrN2O2. The summed E-state index contributed by atoms with van der Waals surface area (Å²) in [6.45, 7) is 2.37. The lowest BCUT2D eigenvalue weighted by Gasteiger charge is -2.41. The zero-order chi connectivity index (χ0) is 24.2. The van der Waals surface area contributed by atoms with Gasteiger partial charge < -0.3 is 14.9 Å². The normalized spacial score (nSPS) is 16.2. The highest BCUT2D eigenvalue weighted by molar-refractivity contribution is 9.10. The van der Waals surface area contributed by atoms with Gasteiger partial charge in [0.1, 0.15) is 5.41 Å². The molecule has 3 aromatic carbocycles. The maximum Gasteiger partial charge on any atom is 0.237 e. The van der Waals surface area contributed by atoms with Crippen LogP contribution in [0.2, 0.25) is 0 Å². The van der Waals surface area contributed by atoms with Gasteiger partial charge in [-0.25, -0.2) is 0 Å². The van der Waals surface area contributed by atoms with Crippen LogP contribution >= 0.6 is 15.9 Å². The van der Waals surface area contributed by atoms with E-state index < -0.39 is 11.0 Å². The zero-order valence-electron chi connectivity index (χ0n) is 20.0. The number of hydrogen-bond acceptors (Lipinski definition) is 3. The van der Waals surface area contributed by atoms with Crippen molar-refractivity contribution < 1.29 is 9.90 Å². The fraction of sp³-hybridized carbons (Fsp3) is 0.345. The predicted octanol–water partition coefficient (Wildman–Crippen LogP) is 5.20. The molecule has 4 rings (SSSR count). The minimum absolute atomic E-state index is 0.0910. The second-order valence-electron chi connectivity index (χ2n) is 9.47. The Bertz CT molecular complexity index is 1040. The molecule has 1 saturated heterocycles. The van der Waals surface area contributed by atoms with Crippen LogP contribution in [0.3, 0.4) is 0 Å². The molecule has 1 amide bonds. The van der Waals surface area contributed by atoms with Crippen molar-refractivity contribution in [3.8, 4) is 0 Å². The van der Waals surface area contributed by atoms with Gasteiger partial charge in [-0.3, -0.25) is 4.79 Å². The molecule has 1 heterocycles. The first kappa shape index (κ1) is 24.6. The number of aliphatic hydroxyl groups is 1. The summed E-state index contributed by atoms with van der Waals surface area (Å²) >= 11 is 3.48. The number of likely N-dealkylation sites (N-methyl/N-ethyl adjacent to an activating group) is 1. The van der Waals surface area contributed by atoms with Crippen LogP contribution in [0.15, 0.2) is 89.4 Å². The molecule has 178 valence electrons. The Morgan fingerprint density at radius 2 is 1.41 bits per heavy atom. The van der Waals surface area contributed by atoms with Crippen molar-refractivity contribution in [1.29, 1.82) is 0 Å². The van der Waals surface area contributed by atoms with Crippen molar-refractivity contribution in [2.24, 2.45) is 0 Å². The van der Waals surface area contributed by atoms with Crippen LogP contribution in [-0.2, 0) is 15.8 Å². The second kappa shape index (κ2) is 10.4. The Labute approximate surface area is 211 Å². The fourth-order valence-electron chi connectivity index (χ4n) is 5.16. The molecule has 1 aliphatic rings. The molecule has 0 spiro atoms. The number of rotatable bonds is 7. The maximum absolute atomic E-state index is 13.8. The minimum atomic E-state index is -0.799. The van der Waals surface area contributed by atoms with E-state index in [0.29, 0.717) is 19.3 Å². The Hall–Kier alpha value is -2.47. The molecule has 5 heteroatoms. The minimum Gasteiger partial charge on any atom is -0.385 e. The third-order valence-corrected chi connectivity index (χ3v) is 7.70. The average Bonchev–Trinajstić information content (AvgIpc) is 2.87. The van der Waals surface area contributed by atoms with Crippen LogP contribution in [0.25, 0.3) is 0 Å². The average molecular weight is 521 g/mol. The summed E-state index contributed by atoms with van der Waals surface area (Å²) in [6.07, 6.45) is 2.04. The summed E-state index contributed by atoms with van der Waals surface area (Å²) in [5, 5.41) is 11.3. The molecule has 0 aliphatic carbocycles. The van der Waals surface area contributed by atoms with Crippen LogP contribution < -0.4 is 0 Å². The van der Waals surface area contributed by atoms with Crippen LogP contribution in [0.5, 0.6) is 0 Å². The van der Waals surface area contributed by atoms with Crippen LogP contribution in [0.1, 0.15) is 36.0 Å². The van der Waals surface area contributed by atoms with Gasteiger partial charge in [0.15, 0.2) is 0 Å². The van der Waals surface area contributed by atoms with Crippen LogP contribution in [0.4, 0.5) is 0 Å². The molecule has 0 saturated carbocycles.